The first-order chi connectivity index (χ1) is 16.2. The summed E-state index contributed by atoms with van der Waals surface area (Å²) >= 11 is 0. The Hall–Kier alpha value is -4.39. The molecule has 4 heterocycles. The van der Waals surface area contributed by atoms with Gasteiger partial charge in [0.25, 0.3) is 0 Å². The number of nitrogens with two attached hydrogens (primary N) is 1. The van der Waals surface area contributed by atoms with Crippen LogP contribution in [0.1, 0.15) is 5.56 Å². The van der Waals surface area contributed by atoms with Crippen molar-refractivity contribution in [3.05, 3.63) is 91.1 Å². The number of nitrogen functional groups attached to an aromatic ring is 1. The van der Waals surface area contributed by atoms with E-state index < -0.39 is 0 Å². The van der Waals surface area contributed by atoms with E-state index in [0.717, 1.165) is 46.6 Å². The Labute approximate surface area is 192 Å². The van der Waals surface area contributed by atoms with Crippen LogP contribution in [0.5, 0.6) is 0 Å². The smallest absolute Gasteiger partial charge is 0.165 e. The molecule has 33 heavy (non-hydrogen) atoms. The third kappa shape index (κ3) is 4.34. The molecule has 162 valence electrons. The average Bonchev–Trinajstić information content (AvgIpc) is 2.88. The number of benzene rings is 1. The Morgan fingerprint density at radius 2 is 1.70 bits per heavy atom. The van der Waals surface area contributed by atoms with Crippen LogP contribution in [0.2, 0.25) is 0 Å². The highest BCUT2D eigenvalue weighted by Gasteiger charge is 2.14. The van der Waals surface area contributed by atoms with Gasteiger partial charge in [-0.15, -0.1) is 0 Å². The molecule has 1 aromatic carbocycles. The van der Waals surface area contributed by atoms with Crippen LogP contribution >= 0.6 is 0 Å². The van der Waals surface area contributed by atoms with Crippen molar-refractivity contribution in [2.75, 3.05) is 24.2 Å². The number of likely N-dealkylation sites (N-methyl/N-ethyl adjacent to an activating group) is 1. The quantitative estimate of drug-likeness (QED) is 0.424. The highest BCUT2D eigenvalue weighted by Crippen LogP contribution is 2.33. The molecule has 0 atom stereocenters. The average molecular weight is 434 g/mol. The van der Waals surface area contributed by atoms with Gasteiger partial charge in [-0.1, -0.05) is 30.3 Å². The maximum atomic E-state index is 6.19. The first kappa shape index (κ1) is 20.5. The number of anilines is 2. The van der Waals surface area contributed by atoms with Gasteiger partial charge in [0.2, 0.25) is 0 Å². The van der Waals surface area contributed by atoms with Crippen molar-refractivity contribution in [1.29, 1.82) is 0 Å². The van der Waals surface area contributed by atoms with Crippen molar-refractivity contribution in [3.63, 3.8) is 0 Å². The molecule has 0 aliphatic rings. The van der Waals surface area contributed by atoms with Gasteiger partial charge in [0.15, 0.2) is 5.65 Å². The standard InChI is InChI=1S/C26H23N7/c1-33(14-11-18-9-12-28-13-10-18)23-8-7-20(16-29-23)22-15-21(19-5-3-2-4-6-19)24-25(27)30-17-31-26(24)32-22/h2-10,12-13,15-17H,11,14H2,1H3,(H2,27,30,31,32). The van der Waals surface area contributed by atoms with Crippen LogP contribution in [0.25, 0.3) is 33.4 Å². The fourth-order valence-corrected chi connectivity index (χ4v) is 3.81. The third-order valence-electron chi connectivity index (χ3n) is 5.64. The third-order valence-corrected chi connectivity index (χ3v) is 5.64. The lowest BCUT2D eigenvalue weighted by Gasteiger charge is -2.18. The predicted molar refractivity (Wildman–Crippen MR) is 132 cm³/mol. The minimum atomic E-state index is 0.419. The summed E-state index contributed by atoms with van der Waals surface area (Å²) in [5.41, 5.74) is 11.7. The van der Waals surface area contributed by atoms with E-state index in [2.05, 4.69) is 24.8 Å². The molecule has 0 saturated heterocycles. The van der Waals surface area contributed by atoms with E-state index in [-0.39, 0.29) is 0 Å². The van der Waals surface area contributed by atoms with Crippen LogP contribution in [-0.4, -0.2) is 38.5 Å². The molecule has 0 unspecified atom stereocenters. The zero-order chi connectivity index (χ0) is 22.6. The molecule has 0 spiro atoms. The molecule has 0 aliphatic carbocycles. The van der Waals surface area contributed by atoms with Gasteiger partial charge in [-0.25, -0.2) is 19.9 Å². The summed E-state index contributed by atoms with van der Waals surface area (Å²) in [5.74, 6) is 1.32. The molecule has 0 amide bonds. The minimum absolute atomic E-state index is 0.419. The summed E-state index contributed by atoms with van der Waals surface area (Å²) in [7, 11) is 2.05. The van der Waals surface area contributed by atoms with E-state index in [9.17, 15) is 0 Å². The van der Waals surface area contributed by atoms with Crippen LogP contribution in [0.4, 0.5) is 11.6 Å². The van der Waals surface area contributed by atoms with E-state index in [0.29, 0.717) is 11.5 Å². The maximum Gasteiger partial charge on any atom is 0.165 e. The highest BCUT2D eigenvalue weighted by atomic mass is 15.2. The predicted octanol–water partition coefficient (Wildman–Crippen LogP) is 4.41. The van der Waals surface area contributed by atoms with Gasteiger partial charge in [0, 0.05) is 37.7 Å². The monoisotopic (exact) mass is 433 g/mol. The lowest BCUT2D eigenvalue weighted by Crippen LogP contribution is -2.21. The summed E-state index contributed by atoms with van der Waals surface area (Å²) in [6, 6.07) is 20.2. The Bertz CT molecular complexity index is 1370. The Kier molecular flexibility index (Phi) is 5.59. The molecule has 0 bridgehead atoms. The van der Waals surface area contributed by atoms with Crippen molar-refractivity contribution in [1.82, 2.24) is 24.9 Å². The summed E-state index contributed by atoms with van der Waals surface area (Å²) in [4.78, 5) is 24.2. The zero-order valence-corrected chi connectivity index (χ0v) is 18.3. The van der Waals surface area contributed by atoms with Gasteiger partial charge in [-0.2, -0.15) is 0 Å². The van der Waals surface area contributed by atoms with Crippen LogP contribution in [0.3, 0.4) is 0 Å². The van der Waals surface area contributed by atoms with E-state index in [1.807, 2.05) is 86.3 Å². The first-order valence-corrected chi connectivity index (χ1v) is 10.7. The maximum absolute atomic E-state index is 6.19. The van der Waals surface area contributed by atoms with Crippen LogP contribution < -0.4 is 10.6 Å². The second-order valence-electron chi connectivity index (χ2n) is 7.81. The lowest BCUT2D eigenvalue weighted by atomic mass is 10.0. The number of fused-ring (bicyclic) bond motifs is 1. The van der Waals surface area contributed by atoms with Crippen molar-refractivity contribution < 1.29 is 0 Å². The molecule has 5 rings (SSSR count). The first-order valence-electron chi connectivity index (χ1n) is 10.7. The van der Waals surface area contributed by atoms with Gasteiger partial charge in [-0.3, -0.25) is 4.98 Å². The second-order valence-corrected chi connectivity index (χ2v) is 7.81. The molecule has 0 saturated carbocycles. The van der Waals surface area contributed by atoms with Crippen LogP contribution in [-0.2, 0) is 6.42 Å². The SMILES string of the molecule is CN(CCc1ccncc1)c1ccc(-c2cc(-c3ccccc3)c3c(N)ncnc3n2)cn1. The van der Waals surface area contributed by atoms with E-state index >= 15 is 0 Å². The lowest BCUT2D eigenvalue weighted by molar-refractivity contribution is 0.858. The Balaban J connectivity index is 1.46. The highest BCUT2D eigenvalue weighted by molar-refractivity contribution is 6.00. The number of hydrogen-bond acceptors (Lipinski definition) is 7. The zero-order valence-electron chi connectivity index (χ0n) is 18.3. The molecule has 0 fully saturated rings. The molecule has 0 radical (unpaired) electrons. The minimum Gasteiger partial charge on any atom is -0.383 e. The number of aromatic nitrogens is 5. The van der Waals surface area contributed by atoms with Crippen LogP contribution in [0.15, 0.2) is 85.6 Å². The summed E-state index contributed by atoms with van der Waals surface area (Å²) in [6.45, 7) is 0.860. The van der Waals surface area contributed by atoms with Gasteiger partial charge in [0.05, 0.1) is 11.1 Å². The number of pyridine rings is 3. The Morgan fingerprint density at radius 1 is 0.879 bits per heavy atom. The molecule has 2 N–H and O–H groups in total. The summed E-state index contributed by atoms with van der Waals surface area (Å²) in [6.07, 6.45) is 7.87. The van der Waals surface area contributed by atoms with E-state index in [4.69, 9.17) is 10.7 Å². The largest absolute Gasteiger partial charge is 0.383 e. The summed E-state index contributed by atoms with van der Waals surface area (Å²) < 4.78 is 0. The molecule has 0 aliphatic heterocycles. The van der Waals surface area contributed by atoms with Crippen molar-refractivity contribution in [3.8, 4) is 22.4 Å². The molecular formula is C26H23N7. The van der Waals surface area contributed by atoms with Crippen LogP contribution in [0, 0.1) is 0 Å². The molecular weight excluding hydrogens is 410 g/mol. The fourth-order valence-electron chi connectivity index (χ4n) is 3.81. The van der Waals surface area contributed by atoms with Crippen molar-refractivity contribution in [2.45, 2.75) is 6.42 Å². The van der Waals surface area contributed by atoms with Gasteiger partial charge >= 0.3 is 0 Å². The Morgan fingerprint density at radius 3 is 2.45 bits per heavy atom. The van der Waals surface area contributed by atoms with Crippen molar-refractivity contribution >= 4 is 22.7 Å². The topological polar surface area (TPSA) is 93.7 Å². The van der Waals surface area contributed by atoms with E-state index in [1.165, 1.54) is 11.9 Å². The molecule has 5 aromatic rings. The molecule has 7 heteroatoms. The van der Waals surface area contributed by atoms with Crippen molar-refractivity contribution in [2.24, 2.45) is 0 Å². The molecule has 4 aromatic heterocycles. The van der Waals surface area contributed by atoms with E-state index in [1.54, 1.807) is 0 Å². The second kappa shape index (κ2) is 9.00. The van der Waals surface area contributed by atoms with Gasteiger partial charge in [0.1, 0.15) is 18.0 Å². The molecule has 7 nitrogen and oxygen atoms in total. The van der Waals surface area contributed by atoms with Gasteiger partial charge in [-0.05, 0) is 53.4 Å². The summed E-state index contributed by atoms with van der Waals surface area (Å²) in [5, 5.41) is 0.757. The normalized spacial score (nSPS) is 10.9. The fraction of sp³-hybridized carbons (Fsp3) is 0.115. The number of nitrogens with zero attached hydrogens (tertiary/aromatic N) is 6. The number of rotatable bonds is 6. The number of hydrogen-bond donors (Lipinski definition) is 1. The van der Waals surface area contributed by atoms with Gasteiger partial charge < -0.3 is 10.6 Å².